The van der Waals surface area contributed by atoms with E-state index < -0.39 is 5.41 Å². The van der Waals surface area contributed by atoms with Crippen LogP contribution in [0.5, 0.6) is 0 Å². The van der Waals surface area contributed by atoms with Gasteiger partial charge >= 0.3 is 0 Å². The summed E-state index contributed by atoms with van der Waals surface area (Å²) >= 11 is 5.89. The van der Waals surface area contributed by atoms with Crippen molar-refractivity contribution in [1.82, 2.24) is 9.80 Å². The quantitative estimate of drug-likeness (QED) is 0.707. The zero-order valence-electron chi connectivity index (χ0n) is 10.9. The maximum Gasteiger partial charge on any atom is 0.229 e. The van der Waals surface area contributed by atoms with Gasteiger partial charge in [0, 0.05) is 31.6 Å². The first-order valence-corrected chi connectivity index (χ1v) is 7.17. The molecule has 3 nitrogen and oxygen atoms in total. The number of carbonyl (C=O) groups excluding carboxylic acids is 1. The number of hydrogen-bond donors (Lipinski definition) is 0. The summed E-state index contributed by atoms with van der Waals surface area (Å²) in [7, 11) is 0. The number of piperazine rings is 1. The Morgan fingerprint density at radius 2 is 2.06 bits per heavy atom. The number of amides is 1. The first-order valence-electron chi connectivity index (χ1n) is 6.64. The number of rotatable bonds is 2. The minimum absolute atomic E-state index is 0.220. The maximum atomic E-state index is 12.3. The number of carbonyl (C=O) groups is 1. The fraction of sp³-hybridized carbons (Fsp3) is 0.923. The molecule has 4 heteroatoms. The Kier molecular flexibility index (Phi) is 3.99. The highest BCUT2D eigenvalue weighted by Crippen LogP contribution is 2.26. The van der Waals surface area contributed by atoms with Crippen molar-refractivity contribution in [2.24, 2.45) is 5.41 Å². The van der Waals surface area contributed by atoms with Crippen LogP contribution >= 0.6 is 11.6 Å². The molecule has 0 saturated carbocycles. The van der Waals surface area contributed by atoms with E-state index in [1.807, 2.05) is 18.7 Å². The molecule has 1 unspecified atom stereocenters. The normalized spacial score (nSPS) is 26.8. The number of halogens is 1. The van der Waals surface area contributed by atoms with E-state index >= 15 is 0 Å². The van der Waals surface area contributed by atoms with Crippen molar-refractivity contribution in [1.29, 1.82) is 0 Å². The molecule has 2 rings (SSSR count). The molecule has 0 radical (unpaired) electrons. The molecule has 0 aliphatic carbocycles. The van der Waals surface area contributed by atoms with Crippen LogP contribution in [0.4, 0.5) is 0 Å². The van der Waals surface area contributed by atoms with Gasteiger partial charge in [-0.15, -0.1) is 11.6 Å². The molecule has 2 fully saturated rings. The molecule has 0 aromatic heterocycles. The largest absolute Gasteiger partial charge is 0.339 e. The summed E-state index contributed by atoms with van der Waals surface area (Å²) in [5.41, 5.74) is -0.418. The van der Waals surface area contributed by atoms with Crippen molar-refractivity contribution >= 4 is 17.5 Å². The summed E-state index contributed by atoms with van der Waals surface area (Å²) in [6, 6.07) is 0.590. The third-order valence-corrected chi connectivity index (χ3v) is 4.71. The van der Waals surface area contributed by atoms with Gasteiger partial charge in [0.15, 0.2) is 0 Å². The van der Waals surface area contributed by atoms with Crippen molar-refractivity contribution in [3.63, 3.8) is 0 Å². The molecule has 1 atom stereocenters. The molecule has 98 valence electrons. The third-order valence-electron chi connectivity index (χ3n) is 4.04. The maximum absolute atomic E-state index is 12.3. The Bertz CT molecular complexity index is 293. The highest BCUT2D eigenvalue weighted by Gasteiger charge is 2.36. The van der Waals surface area contributed by atoms with Crippen LogP contribution in [0.1, 0.15) is 33.1 Å². The van der Waals surface area contributed by atoms with Gasteiger partial charge in [-0.3, -0.25) is 9.69 Å². The molecule has 2 heterocycles. The standard InChI is InChI=1S/C13H23ClN2O/c1-13(2,10-14)12(17)16-8-7-15-6-4-3-5-11(15)9-16/h11H,3-10H2,1-2H3. The molecule has 17 heavy (non-hydrogen) atoms. The first kappa shape index (κ1) is 13.2. The smallest absolute Gasteiger partial charge is 0.229 e. The molecular formula is C13H23ClN2O. The second kappa shape index (κ2) is 5.15. The van der Waals surface area contributed by atoms with Crippen LogP contribution in [0.3, 0.4) is 0 Å². The predicted octanol–water partition coefficient (Wildman–Crippen LogP) is 1.95. The van der Waals surface area contributed by atoms with Crippen molar-refractivity contribution in [2.45, 2.75) is 39.2 Å². The number of hydrogen-bond acceptors (Lipinski definition) is 2. The van der Waals surface area contributed by atoms with Gasteiger partial charge < -0.3 is 4.90 Å². The highest BCUT2D eigenvalue weighted by atomic mass is 35.5. The van der Waals surface area contributed by atoms with Crippen LogP contribution in [-0.4, -0.2) is 53.8 Å². The van der Waals surface area contributed by atoms with E-state index in [2.05, 4.69) is 4.90 Å². The third kappa shape index (κ3) is 2.76. The number of alkyl halides is 1. The molecule has 0 aromatic rings. The molecule has 2 saturated heterocycles. The van der Waals surface area contributed by atoms with Gasteiger partial charge in [0.1, 0.15) is 0 Å². The van der Waals surface area contributed by atoms with Gasteiger partial charge in [0.05, 0.1) is 5.41 Å². The van der Waals surface area contributed by atoms with Crippen LogP contribution in [-0.2, 0) is 4.79 Å². The lowest BCUT2D eigenvalue weighted by molar-refractivity contribution is -0.142. The molecule has 1 amide bonds. The minimum atomic E-state index is -0.418. The number of fused-ring (bicyclic) bond motifs is 1. The fourth-order valence-corrected chi connectivity index (χ4v) is 2.94. The van der Waals surface area contributed by atoms with Crippen molar-refractivity contribution in [2.75, 3.05) is 32.1 Å². The SMILES string of the molecule is CC(C)(CCl)C(=O)N1CCN2CCCCC2C1. The van der Waals surface area contributed by atoms with Gasteiger partial charge in [-0.05, 0) is 33.2 Å². The molecular weight excluding hydrogens is 236 g/mol. The molecule has 0 spiro atoms. The Labute approximate surface area is 109 Å². The summed E-state index contributed by atoms with van der Waals surface area (Å²) in [6.45, 7) is 7.90. The average Bonchev–Trinajstić information content (AvgIpc) is 2.37. The second-order valence-electron chi connectivity index (χ2n) is 5.95. The number of nitrogens with zero attached hydrogens (tertiary/aromatic N) is 2. The van der Waals surface area contributed by atoms with Crippen molar-refractivity contribution in [3.8, 4) is 0 Å². The fourth-order valence-electron chi connectivity index (χ4n) is 2.83. The Hall–Kier alpha value is -0.280. The van der Waals surface area contributed by atoms with E-state index in [1.54, 1.807) is 0 Å². The van der Waals surface area contributed by atoms with E-state index in [4.69, 9.17) is 11.6 Å². The van der Waals surface area contributed by atoms with Crippen molar-refractivity contribution in [3.05, 3.63) is 0 Å². The van der Waals surface area contributed by atoms with Gasteiger partial charge in [-0.1, -0.05) is 6.42 Å². The van der Waals surface area contributed by atoms with Crippen molar-refractivity contribution < 1.29 is 4.79 Å². The lowest BCUT2D eigenvalue weighted by Crippen LogP contribution is -2.58. The van der Waals surface area contributed by atoms with Crippen LogP contribution in [0.2, 0.25) is 0 Å². The molecule has 0 aromatic carbocycles. The molecule has 0 bridgehead atoms. The summed E-state index contributed by atoms with van der Waals surface area (Å²) in [6.07, 6.45) is 3.87. The van der Waals surface area contributed by atoms with E-state index in [0.29, 0.717) is 11.9 Å². The molecule has 0 N–H and O–H groups in total. The summed E-state index contributed by atoms with van der Waals surface area (Å²) in [5.74, 6) is 0.620. The topological polar surface area (TPSA) is 23.6 Å². The summed E-state index contributed by atoms with van der Waals surface area (Å²) < 4.78 is 0. The summed E-state index contributed by atoms with van der Waals surface area (Å²) in [4.78, 5) is 16.9. The average molecular weight is 259 g/mol. The monoisotopic (exact) mass is 258 g/mol. The van der Waals surface area contributed by atoms with Gasteiger partial charge in [0.25, 0.3) is 0 Å². The lowest BCUT2D eigenvalue weighted by atomic mass is 9.92. The molecule has 2 aliphatic heterocycles. The second-order valence-corrected chi connectivity index (χ2v) is 6.22. The van der Waals surface area contributed by atoms with E-state index in [0.717, 1.165) is 19.6 Å². The lowest BCUT2D eigenvalue weighted by Gasteiger charge is -2.45. The molecule has 2 aliphatic rings. The number of piperidine rings is 1. The van der Waals surface area contributed by atoms with E-state index in [-0.39, 0.29) is 5.91 Å². The Morgan fingerprint density at radius 1 is 1.29 bits per heavy atom. The highest BCUT2D eigenvalue weighted by molar-refractivity contribution is 6.19. The first-order chi connectivity index (χ1) is 8.04. The van der Waals surface area contributed by atoms with Crippen LogP contribution in [0, 0.1) is 5.41 Å². The van der Waals surface area contributed by atoms with Gasteiger partial charge in [-0.25, -0.2) is 0 Å². The zero-order chi connectivity index (χ0) is 12.5. The van der Waals surface area contributed by atoms with E-state index in [9.17, 15) is 4.79 Å². The van der Waals surface area contributed by atoms with Gasteiger partial charge in [-0.2, -0.15) is 0 Å². The zero-order valence-corrected chi connectivity index (χ0v) is 11.7. The van der Waals surface area contributed by atoms with Crippen LogP contribution in [0.25, 0.3) is 0 Å². The predicted molar refractivity (Wildman–Crippen MR) is 70.3 cm³/mol. The van der Waals surface area contributed by atoms with E-state index in [1.165, 1.54) is 25.8 Å². The Balaban J connectivity index is 1.98. The van der Waals surface area contributed by atoms with Gasteiger partial charge in [0.2, 0.25) is 5.91 Å². The van der Waals surface area contributed by atoms with Crippen LogP contribution < -0.4 is 0 Å². The minimum Gasteiger partial charge on any atom is -0.339 e. The Morgan fingerprint density at radius 3 is 2.76 bits per heavy atom. The van der Waals surface area contributed by atoms with Crippen LogP contribution in [0.15, 0.2) is 0 Å². The summed E-state index contributed by atoms with van der Waals surface area (Å²) in [5, 5.41) is 0.